The first-order valence-corrected chi connectivity index (χ1v) is 10.5. The van der Waals surface area contributed by atoms with E-state index in [-0.39, 0.29) is 11.4 Å². The number of amidine groups is 1. The lowest BCUT2D eigenvalue weighted by Crippen LogP contribution is -2.31. The zero-order valence-electron chi connectivity index (χ0n) is 18.0. The van der Waals surface area contributed by atoms with E-state index in [9.17, 15) is 0 Å². The monoisotopic (exact) mass is 415 g/mol. The molecule has 2 N–H and O–H groups in total. The van der Waals surface area contributed by atoms with Crippen LogP contribution in [0.2, 0.25) is 0 Å². The molecule has 1 spiro atoms. The maximum absolute atomic E-state index is 6.22. The number of fused-ring (bicyclic) bond motifs is 4. The van der Waals surface area contributed by atoms with Gasteiger partial charge in [-0.2, -0.15) is 0 Å². The number of nitrogens with zero attached hydrogens (tertiary/aromatic N) is 2. The van der Waals surface area contributed by atoms with Crippen LogP contribution in [0.3, 0.4) is 0 Å². The van der Waals surface area contributed by atoms with E-state index >= 15 is 0 Å². The molecule has 0 saturated carbocycles. The van der Waals surface area contributed by atoms with Crippen molar-refractivity contribution >= 4 is 11.6 Å². The number of hydrogen-bond acceptors (Lipinski definition) is 6. The minimum absolute atomic E-state index is 0.0895. The van der Waals surface area contributed by atoms with E-state index in [2.05, 4.69) is 43.7 Å². The summed E-state index contributed by atoms with van der Waals surface area (Å²) in [6, 6.07) is 8.16. The van der Waals surface area contributed by atoms with Crippen molar-refractivity contribution in [2.75, 3.05) is 19.8 Å². The first-order valence-electron chi connectivity index (χ1n) is 10.5. The largest absolute Gasteiger partial charge is 0.462 e. The molecule has 4 heterocycles. The Bertz CT molecular complexity index is 1180. The molecule has 1 aromatic carbocycles. The molecule has 3 aliphatic rings. The zero-order valence-corrected chi connectivity index (χ0v) is 18.0. The summed E-state index contributed by atoms with van der Waals surface area (Å²) in [5, 5.41) is 0. The molecule has 0 unspecified atom stereocenters. The van der Waals surface area contributed by atoms with Crippen LogP contribution < -0.4 is 10.5 Å². The van der Waals surface area contributed by atoms with Crippen LogP contribution in [0.4, 0.5) is 0 Å². The minimum Gasteiger partial charge on any atom is -0.462 e. The minimum atomic E-state index is -0.782. The maximum atomic E-state index is 6.22. The number of ether oxygens (including phenoxy) is 3. The standard InChI is InChI=1S/C25H25N3O3/c1-24(2,3)9-6-16-4-5-21-18(12-16)25(15-30-23(26)28-25)19-13-20(27-14-22(19)31-21)17-7-10-29-11-8-17/h4-5,7,12-14H,8,10-11,15H2,1-3H3,(H2,26,28)/t25-/m1/s1. The molecule has 1 aromatic heterocycles. The van der Waals surface area contributed by atoms with Gasteiger partial charge in [-0.1, -0.05) is 17.9 Å². The van der Waals surface area contributed by atoms with Gasteiger partial charge in [0.1, 0.15) is 12.4 Å². The van der Waals surface area contributed by atoms with Crippen molar-refractivity contribution < 1.29 is 14.2 Å². The molecule has 5 rings (SSSR count). The van der Waals surface area contributed by atoms with Crippen LogP contribution >= 0.6 is 0 Å². The number of hydrogen-bond donors (Lipinski definition) is 1. The first kappa shape index (κ1) is 19.7. The third-order valence-corrected chi connectivity index (χ3v) is 5.56. The Morgan fingerprint density at radius 2 is 1.97 bits per heavy atom. The smallest absolute Gasteiger partial charge is 0.283 e. The summed E-state index contributed by atoms with van der Waals surface area (Å²) >= 11 is 0. The summed E-state index contributed by atoms with van der Waals surface area (Å²) < 4.78 is 17.3. The highest BCUT2D eigenvalue weighted by molar-refractivity contribution is 5.77. The molecule has 0 amide bonds. The van der Waals surface area contributed by atoms with Gasteiger partial charge in [-0.3, -0.25) is 4.98 Å². The summed E-state index contributed by atoms with van der Waals surface area (Å²) in [7, 11) is 0. The molecule has 6 nitrogen and oxygen atoms in total. The lowest BCUT2D eigenvalue weighted by atomic mass is 9.80. The van der Waals surface area contributed by atoms with Crippen LogP contribution in [0.1, 0.15) is 49.6 Å². The average Bonchev–Trinajstić information content (AvgIpc) is 3.15. The summed E-state index contributed by atoms with van der Waals surface area (Å²) in [4.78, 5) is 9.41. The van der Waals surface area contributed by atoms with E-state index in [0.29, 0.717) is 25.6 Å². The highest BCUT2D eigenvalue weighted by Crippen LogP contribution is 2.51. The molecule has 1 atom stereocenters. The van der Waals surface area contributed by atoms with Crippen molar-refractivity contribution in [1.29, 1.82) is 0 Å². The molecule has 0 saturated heterocycles. The Kier molecular flexibility index (Phi) is 4.53. The van der Waals surface area contributed by atoms with Gasteiger partial charge in [-0.25, -0.2) is 4.99 Å². The van der Waals surface area contributed by atoms with Crippen LogP contribution in [-0.4, -0.2) is 30.8 Å². The van der Waals surface area contributed by atoms with Gasteiger partial charge in [0.2, 0.25) is 0 Å². The Labute approximate surface area is 182 Å². The summed E-state index contributed by atoms with van der Waals surface area (Å²) in [6.07, 6.45) is 4.67. The van der Waals surface area contributed by atoms with Gasteiger partial charge in [-0.05, 0) is 57.0 Å². The lowest BCUT2D eigenvalue weighted by molar-refractivity contribution is 0.161. The molecule has 0 aliphatic carbocycles. The molecule has 6 heteroatoms. The molecular formula is C25H25N3O3. The Morgan fingerprint density at radius 1 is 1.13 bits per heavy atom. The maximum Gasteiger partial charge on any atom is 0.283 e. The predicted molar refractivity (Wildman–Crippen MR) is 119 cm³/mol. The van der Waals surface area contributed by atoms with Gasteiger partial charge in [0.25, 0.3) is 6.02 Å². The normalized spacial score (nSPS) is 21.6. The van der Waals surface area contributed by atoms with Gasteiger partial charge in [0.15, 0.2) is 11.3 Å². The Morgan fingerprint density at radius 3 is 2.68 bits per heavy atom. The van der Waals surface area contributed by atoms with E-state index in [0.717, 1.165) is 40.1 Å². The molecule has 0 fully saturated rings. The van der Waals surface area contributed by atoms with Crippen LogP contribution in [0.25, 0.3) is 5.57 Å². The highest BCUT2D eigenvalue weighted by Gasteiger charge is 2.47. The third kappa shape index (κ3) is 3.55. The molecule has 3 aliphatic heterocycles. The van der Waals surface area contributed by atoms with Crippen LogP contribution in [0.15, 0.2) is 41.5 Å². The molecule has 2 aromatic rings. The second kappa shape index (κ2) is 7.14. The molecule has 0 radical (unpaired) electrons. The SMILES string of the molecule is CC(C)(C)C#Cc1ccc2c(c1)[C@]1(COC(N)=N1)c1cc(C3=CCOCC3)ncc1O2. The second-order valence-electron chi connectivity index (χ2n) is 9.03. The van der Waals surface area contributed by atoms with E-state index in [1.165, 1.54) is 0 Å². The number of aliphatic imine (C=N–C) groups is 1. The van der Waals surface area contributed by atoms with E-state index < -0.39 is 5.54 Å². The highest BCUT2D eigenvalue weighted by atomic mass is 16.5. The summed E-state index contributed by atoms with van der Waals surface area (Å²) in [6.45, 7) is 7.88. The number of pyridine rings is 1. The summed E-state index contributed by atoms with van der Waals surface area (Å²) in [5.41, 5.74) is 9.91. The van der Waals surface area contributed by atoms with Gasteiger partial charge in [0.05, 0.1) is 25.1 Å². The van der Waals surface area contributed by atoms with Crippen molar-refractivity contribution in [2.24, 2.45) is 16.1 Å². The lowest BCUT2D eigenvalue weighted by Gasteiger charge is -2.33. The fraction of sp³-hybridized carbons (Fsp3) is 0.360. The van der Waals surface area contributed by atoms with Crippen LogP contribution in [0, 0.1) is 17.3 Å². The van der Waals surface area contributed by atoms with Crippen molar-refractivity contribution in [3.8, 4) is 23.3 Å². The fourth-order valence-corrected chi connectivity index (χ4v) is 4.03. The first-order chi connectivity index (χ1) is 14.8. The van der Waals surface area contributed by atoms with Gasteiger partial charge >= 0.3 is 0 Å². The average molecular weight is 415 g/mol. The van der Waals surface area contributed by atoms with Crippen molar-refractivity contribution in [3.05, 3.63) is 58.9 Å². The molecule has 31 heavy (non-hydrogen) atoms. The van der Waals surface area contributed by atoms with Gasteiger partial charge < -0.3 is 19.9 Å². The Balaban J connectivity index is 1.66. The van der Waals surface area contributed by atoms with Gasteiger partial charge in [-0.15, -0.1) is 0 Å². The Hall–Kier alpha value is -3.30. The van der Waals surface area contributed by atoms with Crippen molar-refractivity contribution in [2.45, 2.75) is 32.7 Å². The number of aromatic nitrogens is 1. The molecular weight excluding hydrogens is 390 g/mol. The fourth-order valence-electron chi connectivity index (χ4n) is 4.03. The summed E-state index contributed by atoms with van der Waals surface area (Å²) in [5.74, 6) is 7.95. The zero-order chi connectivity index (χ0) is 21.6. The number of nitrogens with two attached hydrogens (primary N) is 1. The molecule has 0 bridgehead atoms. The predicted octanol–water partition coefficient (Wildman–Crippen LogP) is 3.98. The number of rotatable bonds is 1. The second-order valence-corrected chi connectivity index (χ2v) is 9.03. The van der Waals surface area contributed by atoms with Crippen LogP contribution in [0.5, 0.6) is 11.5 Å². The quantitative estimate of drug-likeness (QED) is 0.713. The van der Waals surface area contributed by atoms with Crippen LogP contribution in [-0.2, 0) is 15.0 Å². The van der Waals surface area contributed by atoms with Gasteiger partial charge in [0, 0.05) is 22.1 Å². The van der Waals surface area contributed by atoms with E-state index in [1.54, 1.807) is 6.20 Å². The van der Waals surface area contributed by atoms with E-state index in [1.807, 2.05) is 24.3 Å². The third-order valence-electron chi connectivity index (χ3n) is 5.56. The van der Waals surface area contributed by atoms with E-state index in [4.69, 9.17) is 24.9 Å². The van der Waals surface area contributed by atoms with Crippen molar-refractivity contribution in [1.82, 2.24) is 4.98 Å². The van der Waals surface area contributed by atoms with Crippen molar-refractivity contribution in [3.63, 3.8) is 0 Å². The number of benzene rings is 1. The topological polar surface area (TPSA) is 79.0 Å². The molecule has 158 valence electrons.